The topological polar surface area (TPSA) is 49.8 Å². The van der Waals surface area contributed by atoms with Gasteiger partial charge >= 0.3 is 5.97 Å². The van der Waals surface area contributed by atoms with E-state index in [1.165, 1.54) is 5.56 Å². The number of hydrogen-bond acceptors (Lipinski definition) is 3. The molecule has 0 amide bonds. The van der Waals surface area contributed by atoms with E-state index in [0.29, 0.717) is 6.61 Å². The van der Waals surface area contributed by atoms with Crippen LogP contribution in [0.1, 0.15) is 24.8 Å². The quantitative estimate of drug-likeness (QED) is 0.697. The van der Waals surface area contributed by atoms with Gasteiger partial charge in [-0.1, -0.05) is 17.7 Å². The van der Waals surface area contributed by atoms with Crippen molar-refractivity contribution in [3.63, 3.8) is 0 Å². The summed E-state index contributed by atoms with van der Waals surface area (Å²) in [7, 11) is 2.03. The molecule has 4 heteroatoms. The van der Waals surface area contributed by atoms with Crippen molar-refractivity contribution in [1.82, 2.24) is 4.90 Å². The number of rotatable bonds is 9. The van der Waals surface area contributed by atoms with Crippen LogP contribution in [0.15, 0.2) is 24.3 Å². The van der Waals surface area contributed by atoms with E-state index in [9.17, 15) is 4.79 Å². The van der Waals surface area contributed by atoms with Gasteiger partial charge in [0.15, 0.2) is 0 Å². The van der Waals surface area contributed by atoms with Gasteiger partial charge in [-0.05, 0) is 45.5 Å². The first-order chi connectivity index (χ1) is 9.08. The molecule has 0 fully saturated rings. The zero-order chi connectivity index (χ0) is 14.1. The van der Waals surface area contributed by atoms with E-state index in [2.05, 4.69) is 11.8 Å². The predicted octanol–water partition coefficient (Wildman–Crippen LogP) is 2.56. The number of nitrogens with zero attached hydrogens (tertiary/aromatic N) is 1. The lowest BCUT2D eigenvalue weighted by atomic mass is 10.2. The summed E-state index contributed by atoms with van der Waals surface area (Å²) in [5, 5.41) is 8.53. The number of aryl methyl sites for hydroxylation is 1. The lowest BCUT2D eigenvalue weighted by Gasteiger charge is -2.16. The average molecular weight is 265 g/mol. The minimum atomic E-state index is -0.717. The molecule has 4 nitrogen and oxygen atoms in total. The molecule has 0 aliphatic heterocycles. The summed E-state index contributed by atoms with van der Waals surface area (Å²) >= 11 is 0. The van der Waals surface area contributed by atoms with Crippen molar-refractivity contribution in [2.75, 3.05) is 26.7 Å². The fraction of sp³-hybridized carbons (Fsp3) is 0.533. The van der Waals surface area contributed by atoms with Crippen molar-refractivity contribution in [2.45, 2.75) is 26.2 Å². The molecular formula is C15H23NO3. The first-order valence-electron chi connectivity index (χ1n) is 6.68. The molecular weight excluding hydrogens is 242 g/mol. The van der Waals surface area contributed by atoms with Gasteiger partial charge in [-0.3, -0.25) is 4.79 Å². The molecule has 1 aromatic carbocycles. The van der Waals surface area contributed by atoms with E-state index >= 15 is 0 Å². The van der Waals surface area contributed by atoms with Gasteiger partial charge in [0.25, 0.3) is 0 Å². The standard InChI is InChI=1S/C15H23NO3/c1-13-6-8-14(9-7-13)19-12-11-16(2)10-4-3-5-15(17)18/h6-9H,3-5,10-12H2,1-2H3,(H,17,18). The maximum absolute atomic E-state index is 10.4. The Morgan fingerprint density at radius 1 is 1.21 bits per heavy atom. The number of likely N-dealkylation sites (N-methyl/N-ethyl adjacent to an activating group) is 1. The highest BCUT2D eigenvalue weighted by Crippen LogP contribution is 2.11. The molecule has 0 aromatic heterocycles. The Balaban J connectivity index is 2.08. The molecule has 19 heavy (non-hydrogen) atoms. The van der Waals surface area contributed by atoms with Crippen LogP contribution in [0.25, 0.3) is 0 Å². The Kier molecular flexibility index (Phi) is 6.97. The third-order valence-electron chi connectivity index (χ3n) is 2.94. The van der Waals surface area contributed by atoms with Gasteiger partial charge in [0, 0.05) is 13.0 Å². The maximum Gasteiger partial charge on any atom is 0.303 e. The molecule has 1 N–H and O–H groups in total. The highest BCUT2D eigenvalue weighted by Gasteiger charge is 2.01. The molecule has 0 unspecified atom stereocenters. The molecule has 0 spiro atoms. The minimum absolute atomic E-state index is 0.258. The first-order valence-corrected chi connectivity index (χ1v) is 6.68. The van der Waals surface area contributed by atoms with Crippen LogP contribution in [0.3, 0.4) is 0 Å². The van der Waals surface area contributed by atoms with Crippen LogP contribution >= 0.6 is 0 Å². The average Bonchev–Trinajstić information content (AvgIpc) is 2.37. The Hall–Kier alpha value is -1.55. The number of carboxylic acid groups (broad SMARTS) is 1. The third kappa shape index (κ3) is 7.47. The molecule has 106 valence electrons. The van der Waals surface area contributed by atoms with Crippen LogP contribution in [0.5, 0.6) is 5.75 Å². The van der Waals surface area contributed by atoms with Crippen molar-refractivity contribution in [3.8, 4) is 5.75 Å². The monoisotopic (exact) mass is 265 g/mol. The smallest absolute Gasteiger partial charge is 0.303 e. The Bertz CT molecular complexity index is 375. The van der Waals surface area contributed by atoms with E-state index in [-0.39, 0.29) is 6.42 Å². The first kappa shape index (κ1) is 15.5. The molecule has 0 atom stereocenters. The van der Waals surface area contributed by atoms with Gasteiger partial charge in [-0.2, -0.15) is 0 Å². The molecule has 1 aromatic rings. The van der Waals surface area contributed by atoms with E-state index in [4.69, 9.17) is 9.84 Å². The van der Waals surface area contributed by atoms with Crippen LogP contribution in [0.4, 0.5) is 0 Å². The second kappa shape index (κ2) is 8.53. The summed E-state index contributed by atoms with van der Waals surface area (Å²) < 4.78 is 5.64. The summed E-state index contributed by atoms with van der Waals surface area (Å²) in [4.78, 5) is 12.5. The Morgan fingerprint density at radius 3 is 2.53 bits per heavy atom. The van der Waals surface area contributed by atoms with Crippen molar-refractivity contribution in [2.24, 2.45) is 0 Å². The fourth-order valence-electron chi connectivity index (χ4n) is 1.72. The fourth-order valence-corrected chi connectivity index (χ4v) is 1.72. The van der Waals surface area contributed by atoms with Crippen LogP contribution in [0.2, 0.25) is 0 Å². The predicted molar refractivity (Wildman–Crippen MR) is 75.7 cm³/mol. The largest absolute Gasteiger partial charge is 0.492 e. The van der Waals surface area contributed by atoms with Crippen molar-refractivity contribution < 1.29 is 14.6 Å². The molecule has 1 rings (SSSR count). The summed E-state index contributed by atoms with van der Waals surface area (Å²) in [6, 6.07) is 8.01. The molecule has 0 heterocycles. The number of hydrogen-bond donors (Lipinski definition) is 1. The van der Waals surface area contributed by atoms with Crippen molar-refractivity contribution in [1.29, 1.82) is 0 Å². The summed E-state index contributed by atoms with van der Waals surface area (Å²) in [6.45, 7) is 4.46. The molecule has 0 saturated heterocycles. The van der Waals surface area contributed by atoms with E-state index in [1.54, 1.807) is 0 Å². The summed E-state index contributed by atoms with van der Waals surface area (Å²) in [6.07, 6.45) is 1.90. The Labute approximate surface area is 115 Å². The summed E-state index contributed by atoms with van der Waals surface area (Å²) in [5.41, 5.74) is 1.22. The second-order valence-electron chi connectivity index (χ2n) is 4.82. The van der Waals surface area contributed by atoms with Gasteiger partial charge in [-0.15, -0.1) is 0 Å². The van der Waals surface area contributed by atoms with Crippen molar-refractivity contribution in [3.05, 3.63) is 29.8 Å². The third-order valence-corrected chi connectivity index (χ3v) is 2.94. The maximum atomic E-state index is 10.4. The lowest BCUT2D eigenvalue weighted by molar-refractivity contribution is -0.137. The highest BCUT2D eigenvalue weighted by atomic mass is 16.5. The van der Waals surface area contributed by atoms with Gasteiger partial charge < -0.3 is 14.7 Å². The molecule has 0 aliphatic carbocycles. The van der Waals surface area contributed by atoms with E-state index < -0.39 is 5.97 Å². The molecule has 0 bridgehead atoms. The second-order valence-corrected chi connectivity index (χ2v) is 4.82. The number of unbranched alkanes of at least 4 members (excludes halogenated alkanes) is 1. The number of benzene rings is 1. The Morgan fingerprint density at radius 2 is 1.89 bits per heavy atom. The minimum Gasteiger partial charge on any atom is -0.492 e. The molecule has 0 saturated carbocycles. The zero-order valence-electron chi connectivity index (χ0n) is 11.8. The molecule has 0 aliphatic rings. The lowest BCUT2D eigenvalue weighted by Crippen LogP contribution is -2.25. The highest BCUT2D eigenvalue weighted by molar-refractivity contribution is 5.66. The van der Waals surface area contributed by atoms with Gasteiger partial charge in [0.1, 0.15) is 12.4 Å². The van der Waals surface area contributed by atoms with Gasteiger partial charge in [-0.25, -0.2) is 0 Å². The zero-order valence-corrected chi connectivity index (χ0v) is 11.8. The van der Waals surface area contributed by atoms with Crippen molar-refractivity contribution >= 4 is 5.97 Å². The van der Waals surface area contributed by atoms with Crippen LogP contribution in [0, 0.1) is 6.92 Å². The summed E-state index contributed by atoms with van der Waals surface area (Å²) in [5.74, 6) is 0.176. The number of carbonyl (C=O) groups is 1. The van der Waals surface area contributed by atoms with E-state index in [1.807, 2.05) is 31.3 Å². The van der Waals surface area contributed by atoms with Crippen LogP contribution < -0.4 is 4.74 Å². The number of carboxylic acids is 1. The van der Waals surface area contributed by atoms with Gasteiger partial charge in [0.05, 0.1) is 0 Å². The molecule has 0 radical (unpaired) electrons. The van der Waals surface area contributed by atoms with Crippen LogP contribution in [-0.2, 0) is 4.79 Å². The van der Waals surface area contributed by atoms with Crippen LogP contribution in [-0.4, -0.2) is 42.7 Å². The number of ether oxygens (including phenoxy) is 1. The van der Waals surface area contributed by atoms with Gasteiger partial charge in [0.2, 0.25) is 0 Å². The normalized spacial score (nSPS) is 10.7. The van der Waals surface area contributed by atoms with E-state index in [0.717, 1.165) is 31.7 Å². The SMILES string of the molecule is Cc1ccc(OCCN(C)CCCCC(=O)O)cc1. The number of aliphatic carboxylic acids is 1.